The van der Waals surface area contributed by atoms with E-state index in [9.17, 15) is 4.39 Å². The van der Waals surface area contributed by atoms with Crippen LogP contribution in [-0.4, -0.2) is 13.7 Å². The second-order valence-electron chi connectivity index (χ2n) is 2.58. The fourth-order valence-corrected chi connectivity index (χ4v) is 1.05. The van der Waals surface area contributed by atoms with E-state index >= 15 is 0 Å². The van der Waals surface area contributed by atoms with Crippen molar-refractivity contribution in [3.05, 3.63) is 35.6 Å². The molecule has 0 fully saturated rings. The molecule has 12 heavy (non-hydrogen) atoms. The van der Waals surface area contributed by atoms with Gasteiger partial charge >= 0.3 is 0 Å². The lowest BCUT2D eigenvalue weighted by molar-refractivity contribution is 0.179. The molecule has 1 rings (SSSR count). The van der Waals surface area contributed by atoms with Crippen molar-refractivity contribution in [2.24, 2.45) is 5.73 Å². The van der Waals surface area contributed by atoms with Crippen molar-refractivity contribution in [2.75, 3.05) is 13.7 Å². The summed E-state index contributed by atoms with van der Waals surface area (Å²) in [4.78, 5) is 0. The van der Waals surface area contributed by atoms with Gasteiger partial charge in [0.15, 0.2) is 0 Å². The topological polar surface area (TPSA) is 35.2 Å². The predicted octanol–water partition coefficient (Wildman–Crippen LogP) is 1.47. The maximum Gasteiger partial charge on any atom is 0.128 e. The highest BCUT2D eigenvalue weighted by Gasteiger charge is 2.09. The smallest absolute Gasteiger partial charge is 0.128 e. The van der Waals surface area contributed by atoms with Crippen LogP contribution in [0.4, 0.5) is 4.39 Å². The number of benzene rings is 1. The Balaban J connectivity index is 2.79. The van der Waals surface area contributed by atoms with E-state index in [-0.39, 0.29) is 11.9 Å². The van der Waals surface area contributed by atoms with Crippen molar-refractivity contribution in [1.29, 1.82) is 0 Å². The van der Waals surface area contributed by atoms with Crippen molar-refractivity contribution < 1.29 is 9.13 Å². The van der Waals surface area contributed by atoms with Crippen molar-refractivity contribution >= 4 is 0 Å². The van der Waals surface area contributed by atoms with Gasteiger partial charge in [-0.25, -0.2) is 4.39 Å². The average Bonchev–Trinajstić information content (AvgIpc) is 2.05. The standard InChI is InChI=1S/C9H12FNO/c1-12-6-9(11)7-4-2-3-5-8(7)10/h2-5,9H,6,11H2,1H3. The largest absolute Gasteiger partial charge is 0.383 e. The third kappa shape index (κ3) is 2.03. The average molecular weight is 169 g/mol. The van der Waals surface area contributed by atoms with E-state index in [1.165, 1.54) is 6.07 Å². The molecule has 0 aliphatic carbocycles. The first-order valence-electron chi connectivity index (χ1n) is 3.74. The van der Waals surface area contributed by atoms with Crippen LogP contribution in [0.1, 0.15) is 11.6 Å². The van der Waals surface area contributed by atoms with Crippen LogP contribution in [0.25, 0.3) is 0 Å². The summed E-state index contributed by atoms with van der Waals surface area (Å²) in [6.45, 7) is 0.334. The highest BCUT2D eigenvalue weighted by Crippen LogP contribution is 2.13. The van der Waals surface area contributed by atoms with Crippen molar-refractivity contribution in [3.63, 3.8) is 0 Å². The fraction of sp³-hybridized carbons (Fsp3) is 0.333. The summed E-state index contributed by atoms with van der Waals surface area (Å²) in [5.41, 5.74) is 6.14. The first kappa shape index (κ1) is 9.16. The zero-order valence-corrected chi connectivity index (χ0v) is 6.96. The number of hydrogen-bond donors (Lipinski definition) is 1. The van der Waals surface area contributed by atoms with E-state index in [1.54, 1.807) is 25.3 Å². The van der Waals surface area contributed by atoms with Gasteiger partial charge in [0.25, 0.3) is 0 Å². The van der Waals surface area contributed by atoms with Crippen molar-refractivity contribution in [1.82, 2.24) is 0 Å². The van der Waals surface area contributed by atoms with Crippen LogP contribution in [0.2, 0.25) is 0 Å². The molecule has 1 unspecified atom stereocenters. The number of hydrogen-bond acceptors (Lipinski definition) is 2. The molecular weight excluding hydrogens is 157 g/mol. The monoisotopic (exact) mass is 169 g/mol. The Bertz CT molecular complexity index is 252. The summed E-state index contributed by atoms with van der Waals surface area (Å²) < 4.78 is 17.8. The normalized spacial score (nSPS) is 12.9. The van der Waals surface area contributed by atoms with Crippen LogP contribution in [-0.2, 0) is 4.74 Å². The van der Waals surface area contributed by atoms with Crippen LogP contribution in [0.15, 0.2) is 24.3 Å². The van der Waals surface area contributed by atoms with E-state index in [2.05, 4.69) is 0 Å². The lowest BCUT2D eigenvalue weighted by Gasteiger charge is -2.10. The molecule has 1 atom stereocenters. The Morgan fingerprint density at radius 3 is 2.75 bits per heavy atom. The van der Waals surface area contributed by atoms with Crippen LogP contribution in [0.5, 0.6) is 0 Å². The Labute approximate surface area is 71.1 Å². The molecule has 0 aliphatic heterocycles. The first-order chi connectivity index (χ1) is 5.75. The third-order valence-corrected chi connectivity index (χ3v) is 1.65. The van der Waals surface area contributed by atoms with E-state index in [0.29, 0.717) is 12.2 Å². The summed E-state index contributed by atoms with van der Waals surface area (Å²) in [7, 11) is 1.54. The molecular formula is C9H12FNO. The quantitative estimate of drug-likeness (QED) is 0.743. The maximum atomic E-state index is 13.0. The lowest BCUT2D eigenvalue weighted by Crippen LogP contribution is -2.17. The van der Waals surface area contributed by atoms with Gasteiger partial charge in [0.1, 0.15) is 5.82 Å². The van der Waals surface area contributed by atoms with E-state index in [4.69, 9.17) is 10.5 Å². The van der Waals surface area contributed by atoms with Gasteiger partial charge in [0.05, 0.1) is 12.6 Å². The second kappa shape index (κ2) is 4.18. The molecule has 0 radical (unpaired) electrons. The lowest BCUT2D eigenvalue weighted by atomic mass is 10.1. The highest BCUT2D eigenvalue weighted by atomic mass is 19.1. The van der Waals surface area contributed by atoms with Crippen LogP contribution >= 0.6 is 0 Å². The zero-order valence-electron chi connectivity index (χ0n) is 6.96. The number of rotatable bonds is 3. The van der Waals surface area contributed by atoms with Gasteiger partial charge in [-0.1, -0.05) is 18.2 Å². The van der Waals surface area contributed by atoms with E-state index in [1.807, 2.05) is 0 Å². The van der Waals surface area contributed by atoms with E-state index in [0.717, 1.165) is 0 Å². The molecule has 1 aromatic rings. The zero-order chi connectivity index (χ0) is 8.97. The summed E-state index contributed by atoms with van der Waals surface area (Å²) in [5.74, 6) is -0.276. The summed E-state index contributed by atoms with van der Waals surface area (Å²) in [5, 5.41) is 0. The van der Waals surface area contributed by atoms with Gasteiger partial charge in [0, 0.05) is 12.7 Å². The number of ether oxygens (including phenoxy) is 1. The minimum atomic E-state index is -0.379. The van der Waals surface area contributed by atoms with Crippen molar-refractivity contribution in [3.8, 4) is 0 Å². The Hall–Kier alpha value is -0.930. The molecule has 2 N–H and O–H groups in total. The van der Waals surface area contributed by atoms with E-state index < -0.39 is 0 Å². The van der Waals surface area contributed by atoms with Gasteiger partial charge in [-0.3, -0.25) is 0 Å². The number of methoxy groups -OCH3 is 1. The molecule has 3 heteroatoms. The minimum absolute atomic E-state index is 0.276. The molecule has 0 heterocycles. The maximum absolute atomic E-state index is 13.0. The van der Waals surface area contributed by atoms with Gasteiger partial charge in [0.2, 0.25) is 0 Å². The SMILES string of the molecule is COCC(N)c1ccccc1F. The number of nitrogens with two attached hydrogens (primary N) is 1. The van der Waals surface area contributed by atoms with Crippen LogP contribution in [0, 0.1) is 5.82 Å². The highest BCUT2D eigenvalue weighted by molar-refractivity contribution is 5.20. The minimum Gasteiger partial charge on any atom is -0.383 e. The van der Waals surface area contributed by atoms with Crippen molar-refractivity contribution in [2.45, 2.75) is 6.04 Å². The van der Waals surface area contributed by atoms with Gasteiger partial charge < -0.3 is 10.5 Å². The molecule has 0 aromatic heterocycles. The number of halogens is 1. The molecule has 0 spiro atoms. The molecule has 0 saturated heterocycles. The third-order valence-electron chi connectivity index (χ3n) is 1.65. The van der Waals surface area contributed by atoms with Crippen LogP contribution < -0.4 is 5.73 Å². The summed E-state index contributed by atoms with van der Waals surface area (Å²) in [6, 6.07) is 6.08. The molecule has 66 valence electrons. The summed E-state index contributed by atoms with van der Waals surface area (Å²) in [6.07, 6.45) is 0. The molecule has 2 nitrogen and oxygen atoms in total. The van der Waals surface area contributed by atoms with Gasteiger partial charge in [-0.2, -0.15) is 0 Å². The predicted molar refractivity (Wildman–Crippen MR) is 45.2 cm³/mol. The van der Waals surface area contributed by atoms with Gasteiger partial charge in [-0.15, -0.1) is 0 Å². The van der Waals surface area contributed by atoms with Gasteiger partial charge in [-0.05, 0) is 6.07 Å². The molecule has 0 saturated carbocycles. The molecule has 0 bridgehead atoms. The Kier molecular flexibility index (Phi) is 3.19. The summed E-state index contributed by atoms with van der Waals surface area (Å²) >= 11 is 0. The second-order valence-corrected chi connectivity index (χ2v) is 2.58. The molecule has 0 aliphatic rings. The fourth-order valence-electron chi connectivity index (χ4n) is 1.05. The Morgan fingerprint density at radius 2 is 2.17 bits per heavy atom. The van der Waals surface area contributed by atoms with Crippen LogP contribution in [0.3, 0.4) is 0 Å². The molecule has 0 amide bonds. The molecule has 1 aromatic carbocycles. The Morgan fingerprint density at radius 1 is 1.50 bits per heavy atom. The first-order valence-corrected chi connectivity index (χ1v) is 3.74.